The number of halogens is 1. The van der Waals surface area contributed by atoms with Crippen molar-refractivity contribution in [2.45, 2.75) is 6.92 Å². The number of hydrogen-bond acceptors (Lipinski definition) is 4. The van der Waals surface area contributed by atoms with Crippen LogP contribution in [0.4, 0.5) is 17.1 Å². The number of nitrogens with two attached hydrogens (primary N) is 1. The molecule has 5 nitrogen and oxygen atoms in total. The zero-order valence-corrected chi connectivity index (χ0v) is 12.9. The van der Waals surface area contributed by atoms with E-state index in [1.54, 1.807) is 30.5 Å². The summed E-state index contributed by atoms with van der Waals surface area (Å²) in [5, 5.41) is 3.00. The summed E-state index contributed by atoms with van der Waals surface area (Å²) < 4.78 is 0. The molecule has 0 aliphatic carbocycles. The molecule has 0 spiro atoms. The predicted molar refractivity (Wildman–Crippen MR) is 87.1 cm³/mol. The Morgan fingerprint density at radius 2 is 2.05 bits per heavy atom. The van der Waals surface area contributed by atoms with E-state index in [-0.39, 0.29) is 11.1 Å². The van der Waals surface area contributed by atoms with Crippen LogP contribution in [0.2, 0.25) is 5.15 Å². The second-order valence-corrected chi connectivity index (χ2v) is 5.33. The lowest BCUT2D eigenvalue weighted by molar-refractivity contribution is 0.102. The summed E-state index contributed by atoms with van der Waals surface area (Å²) in [7, 11) is 3.78. The van der Waals surface area contributed by atoms with Gasteiger partial charge in [-0.15, -0.1) is 0 Å². The molecule has 0 radical (unpaired) electrons. The zero-order chi connectivity index (χ0) is 15.6. The maximum absolute atomic E-state index is 12.2. The standard InChI is InChI=1S/C15H17ClN4O/c1-9-6-12(14(16)18-8-9)19-15(21)10-4-5-13(20(2)3)11(17)7-10/h4-8H,17H2,1-3H3,(H,19,21). The van der Waals surface area contributed by atoms with Crippen molar-refractivity contribution in [1.29, 1.82) is 0 Å². The lowest BCUT2D eigenvalue weighted by atomic mass is 10.1. The Labute approximate surface area is 128 Å². The van der Waals surface area contributed by atoms with Crippen molar-refractivity contribution in [2.24, 2.45) is 0 Å². The quantitative estimate of drug-likeness (QED) is 0.675. The lowest BCUT2D eigenvalue weighted by Crippen LogP contribution is -2.15. The van der Waals surface area contributed by atoms with Crippen molar-refractivity contribution in [1.82, 2.24) is 4.98 Å². The summed E-state index contributed by atoms with van der Waals surface area (Å²) >= 11 is 5.97. The second-order valence-electron chi connectivity index (χ2n) is 4.97. The molecule has 1 heterocycles. The third-order valence-corrected chi connectivity index (χ3v) is 3.30. The molecule has 2 aromatic rings. The predicted octanol–water partition coefficient (Wildman–Crippen LogP) is 2.94. The van der Waals surface area contributed by atoms with Crippen molar-refractivity contribution in [2.75, 3.05) is 30.0 Å². The van der Waals surface area contributed by atoms with Crippen LogP contribution in [-0.4, -0.2) is 25.0 Å². The number of pyridine rings is 1. The van der Waals surface area contributed by atoms with Crippen molar-refractivity contribution in [3.05, 3.63) is 46.7 Å². The van der Waals surface area contributed by atoms with Gasteiger partial charge in [-0.2, -0.15) is 0 Å². The van der Waals surface area contributed by atoms with E-state index in [0.717, 1.165) is 11.3 Å². The van der Waals surface area contributed by atoms with Gasteiger partial charge in [-0.1, -0.05) is 11.6 Å². The van der Waals surface area contributed by atoms with Gasteiger partial charge in [0.15, 0.2) is 5.15 Å². The van der Waals surface area contributed by atoms with Crippen LogP contribution in [-0.2, 0) is 0 Å². The highest BCUT2D eigenvalue weighted by Crippen LogP contribution is 2.24. The molecule has 0 bridgehead atoms. The second kappa shape index (κ2) is 6.01. The number of nitrogens with zero attached hydrogens (tertiary/aromatic N) is 2. The van der Waals surface area contributed by atoms with Gasteiger partial charge in [0.2, 0.25) is 0 Å². The fourth-order valence-electron chi connectivity index (χ4n) is 1.94. The summed E-state index contributed by atoms with van der Waals surface area (Å²) in [5.41, 5.74) is 9.22. The Morgan fingerprint density at radius 1 is 1.33 bits per heavy atom. The van der Waals surface area contributed by atoms with Crippen molar-refractivity contribution < 1.29 is 4.79 Å². The van der Waals surface area contributed by atoms with Crippen molar-refractivity contribution in [3.8, 4) is 0 Å². The van der Waals surface area contributed by atoms with Gasteiger partial charge in [-0.25, -0.2) is 4.98 Å². The molecular weight excluding hydrogens is 288 g/mol. The van der Waals surface area contributed by atoms with E-state index in [1.165, 1.54) is 0 Å². The number of amides is 1. The largest absolute Gasteiger partial charge is 0.397 e. The van der Waals surface area contributed by atoms with Crippen LogP contribution in [0.3, 0.4) is 0 Å². The van der Waals surface area contributed by atoms with Crippen molar-refractivity contribution >= 4 is 34.6 Å². The molecular formula is C15H17ClN4O. The fraction of sp³-hybridized carbons (Fsp3) is 0.200. The van der Waals surface area contributed by atoms with E-state index < -0.39 is 0 Å². The minimum Gasteiger partial charge on any atom is -0.397 e. The maximum atomic E-state index is 12.2. The first-order valence-corrected chi connectivity index (χ1v) is 6.76. The van der Waals surface area contributed by atoms with Crippen LogP contribution in [0.15, 0.2) is 30.5 Å². The summed E-state index contributed by atoms with van der Waals surface area (Å²) in [6, 6.07) is 6.94. The minimum absolute atomic E-state index is 0.256. The number of hydrogen-bond donors (Lipinski definition) is 2. The van der Waals surface area contributed by atoms with Gasteiger partial charge in [0.05, 0.1) is 17.1 Å². The average Bonchev–Trinajstić information content (AvgIpc) is 2.42. The minimum atomic E-state index is -0.277. The third-order valence-electron chi connectivity index (χ3n) is 3.00. The number of nitrogen functional groups attached to an aromatic ring is 1. The molecule has 110 valence electrons. The van der Waals surface area contributed by atoms with Gasteiger partial charge in [0.1, 0.15) is 0 Å². The third kappa shape index (κ3) is 3.44. The number of carbonyl (C=O) groups is 1. The summed E-state index contributed by atoms with van der Waals surface area (Å²) in [4.78, 5) is 18.1. The Hall–Kier alpha value is -2.27. The number of aromatic nitrogens is 1. The fourth-order valence-corrected chi connectivity index (χ4v) is 2.09. The molecule has 0 saturated carbocycles. The van der Waals surface area contributed by atoms with Gasteiger partial charge in [-0.3, -0.25) is 4.79 Å². The molecule has 0 atom stereocenters. The monoisotopic (exact) mass is 304 g/mol. The molecule has 2 rings (SSSR count). The first-order valence-electron chi connectivity index (χ1n) is 6.39. The van der Waals surface area contributed by atoms with Crippen molar-refractivity contribution in [3.63, 3.8) is 0 Å². The van der Waals surface area contributed by atoms with Crippen LogP contribution in [0.25, 0.3) is 0 Å². The highest BCUT2D eigenvalue weighted by atomic mass is 35.5. The van der Waals surface area contributed by atoms with Gasteiger partial charge in [-0.05, 0) is 36.8 Å². The SMILES string of the molecule is Cc1cnc(Cl)c(NC(=O)c2ccc(N(C)C)c(N)c2)c1. The number of anilines is 3. The molecule has 1 amide bonds. The number of aryl methyl sites for hydroxylation is 1. The molecule has 0 saturated heterocycles. The molecule has 1 aromatic carbocycles. The Bertz CT molecular complexity index is 685. The highest BCUT2D eigenvalue weighted by Gasteiger charge is 2.11. The molecule has 0 fully saturated rings. The van der Waals surface area contributed by atoms with E-state index in [1.807, 2.05) is 25.9 Å². The van der Waals surface area contributed by atoms with Crippen LogP contribution in [0, 0.1) is 6.92 Å². The lowest BCUT2D eigenvalue weighted by Gasteiger charge is -2.16. The average molecular weight is 305 g/mol. The summed E-state index contributed by atoms with van der Waals surface area (Å²) in [6.07, 6.45) is 1.64. The molecule has 21 heavy (non-hydrogen) atoms. The molecule has 1 aromatic heterocycles. The van der Waals surface area contributed by atoms with E-state index in [4.69, 9.17) is 17.3 Å². The summed E-state index contributed by atoms with van der Waals surface area (Å²) in [5.74, 6) is -0.277. The van der Waals surface area contributed by atoms with Crippen LogP contribution in [0.5, 0.6) is 0 Å². The Balaban J connectivity index is 2.24. The topological polar surface area (TPSA) is 71.2 Å². The van der Waals surface area contributed by atoms with Gasteiger partial charge in [0.25, 0.3) is 5.91 Å². The van der Waals surface area contributed by atoms with Gasteiger partial charge >= 0.3 is 0 Å². The Kier molecular flexibility index (Phi) is 4.33. The molecule has 0 aliphatic heterocycles. The highest BCUT2D eigenvalue weighted by molar-refractivity contribution is 6.32. The van der Waals surface area contributed by atoms with Crippen LogP contribution < -0.4 is 16.0 Å². The number of carbonyl (C=O) groups excluding carboxylic acids is 1. The smallest absolute Gasteiger partial charge is 0.255 e. The molecule has 0 aliphatic rings. The Morgan fingerprint density at radius 3 is 2.67 bits per heavy atom. The van der Waals surface area contributed by atoms with E-state index in [9.17, 15) is 4.79 Å². The zero-order valence-electron chi connectivity index (χ0n) is 12.1. The van der Waals surface area contributed by atoms with E-state index >= 15 is 0 Å². The maximum Gasteiger partial charge on any atom is 0.255 e. The molecule has 3 N–H and O–H groups in total. The van der Waals surface area contributed by atoms with Gasteiger partial charge in [0, 0.05) is 25.9 Å². The first kappa shape index (κ1) is 15.1. The van der Waals surface area contributed by atoms with Crippen LogP contribution in [0.1, 0.15) is 15.9 Å². The van der Waals surface area contributed by atoms with Crippen LogP contribution >= 0.6 is 11.6 Å². The number of benzene rings is 1. The van der Waals surface area contributed by atoms with E-state index in [0.29, 0.717) is 16.9 Å². The number of nitrogens with one attached hydrogen (secondary N) is 1. The normalized spacial score (nSPS) is 10.3. The summed E-state index contributed by atoms with van der Waals surface area (Å²) in [6.45, 7) is 1.88. The van der Waals surface area contributed by atoms with Gasteiger partial charge < -0.3 is 16.0 Å². The molecule has 6 heteroatoms. The van der Waals surface area contributed by atoms with E-state index in [2.05, 4.69) is 10.3 Å². The number of rotatable bonds is 3. The molecule has 0 unspecified atom stereocenters. The first-order chi connectivity index (χ1) is 9.88.